The second kappa shape index (κ2) is 3.75. The second-order valence-corrected chi connectivity index (χ2v) is 4.03. The van der Waals surface area contributed by atoms with Crippen molar-refractivity contribution in [2.75, 3.05) is 20.2 Å². The standard InChI is InChI=1S/C11H14N4O/c1-16-11-7-15-9(8-2-3-12-4-8)5-13-10(15)6-14-11/h5-8,12H,2-4H2,1H3. The van der Waals surface area contributed by atoms with Crippen LogP contribution in [0.1, 0.15) is 18.0 Å². The Hall–Kier alpha value is -1.62. The molecule has 0 bridgehead atoms. The van der Waals surface area contributed by atoms with Crippen LogP contribution >= 0.6 is 0 Å². The number of nitrogens with zero attached hydrogens (tertiary/aromatic N) is 3. The van der Waals surface area contributed by atoms with E-state index in [9.17, 15) is 0 Å². The molecule has 1 N–H and O–H groups in total. The molecule has 0 spiro atoms. The van der Waals surface area contributed by atoms with Crippen LogP contribution < -0.4 is 10.1 Å². The van der Waals surface area contributed by atoms with E-state index in [1.165, 1.54) is 12.1 Å². The Bertz CT molecular complexity index is 502. The molecule has 1 atom stereocenters. The summed E-state index contributed by atoms with van der Waals surface area (Å²) < 4.78 is 7.21. The summed E-state index contributed by atoms with van der Waals surface area (Å²) in [5.74, 6) is 1.17. The zero-order valence-corrected chi connectivity index (χ0v) is 9.18. The molecule has 2 aromatic heterocycles. The number of hydrogen-bond acceptors (Lipinski definition) is 4. The first kappa shape index (κ1) is 9.59. The van der Waals surface area contributed by atoms with E-state index in [0.717, 1.165) is 18.7 Å². The zero-order valence-electron chi connectivity index (χ0n) is 9.18. The third-order valence-electron chi connectivity index (χ3n) is 3.09. The molecular weight excluding hydrogens is 204 g/mol. The van der Waals surface area contributed by atoms with Gasteiger partial charge in [0.1, 0.15) is 0 Å². The van der Waals surface area contributed by atoms with Crippen LogP contribution in [0.2, 0.25) is 0 Å². The van der Waals surface area contributed by atoms with Gasteiger partial charge in [-0.15, -0.1) is 0 Å². The largest absolute Gasteiger partial charge is 0.480 e. The molecule has 5 heteroatoms. The monoisotopic (exact) mass is 218 g/mol. The summed E-state index contributed by atoms with van der Waals surface area (Å²) in [6.07, 6.45) is 6.74. The van der Waals surface area contributed by atoms with E-state index in [-0.39, 0.29) is 0 Å². The molecule has 2 aromatic rings. The van der Waals surface area contributed by atoms with Gasteiger partial charge in [-0.25, -0.2) is 9.97 Å². The maximum absolute atomic E-state index is 5.13. The molecule has 0 amide bonds. The number of ether oxygens (including phenoxy) is 1. The molecule has 0 saturated carbocycles. The van der Waals surface area contributed by atoms with Crippen molar-refractivity contribution in [2.24, 2.45) is 0 Å². The first-order chi connectivity index (χ1) is 7.88. The third-order valence-corrected chi connectivity index (χ3v) is 3.09. The number of aromatic nitrogens is 3. The van der Waals surface area contributed by atoms with Gasteiger partial charge in [-0.2, -0.15) is 0 Å². The molecule has 0 aliphatic carbocycles. The minimum absolute atomic E-state index is 0.544. The maximum Gasteiger partial charge on any atom is 0.230 e. The van der Waals surface area contributed by atoms with Crippen molar-refractivity contribution in [3.05, 3.63) is 24.3 Å². The third kappa shape index (κ3) is 1.44. The van der Waals surface area contributed by atoms with Crippen molar-refractivity contribution in [3.63, 3.8) is 0 Å². The molecule has 1 unspecified atom stereocenters. The number of methoxy groups -OCH3 is 1. The van der Waals surface area contributed by atoms with Gasteiger partial charge < -0.3 is 10.1 Å². The highest BCUT2D eigenvalue weighted by Gasteiger charge is 2.20. The minimum Gasteiger partial charge on any atom is -0.480 e. The van der Waals surface area contributed by atoms with Crippen LogP contribution in [-0.2, 0) is 0 Å². The second-order valence-electron chi connectivity index (χ2n) is 4.03. The maximum atomic E-state index is 5.13. The summed E-state index contributed by atoms with van der Waals surface area (Å²) in [6, 6.07) is 0. The summed E-state index contributed by atoms with van der Waals surface area (Å²) in [7, 11) is 1.63. The van der Waals surface area contributed by atoms with Crippen LogP contribution in [0.25, 0.3) is 5.65 Å². The number of rotatable bonds is 2. The van der Waals surface area contributed by atoms with Crippen LogP contribution in [0.4, 0.5) is 0 Å². The lowest BCUT2D eigenvalue weighted by Gasteiger charge is -2.08. The molecule has 84 valence electrons. The highest BCUT2D eigenvalue weighted by molar-refractivity contribution is 5.40. The van der Waals surface area contributed by atoms with E-state index in [2.05, 4.69) is 19.7 Å². The molecule has 5 nitrogen and oxygen atoms in total. The van der Waals surface area contributed by atoms with E-state index < -0.39 is 0 Å². The van der Waals surface area contributed by atoms with Crippen molar-refractivity contribution < 1.29 is 4.74 Å². The molecule has 1 saturated heterocycles. The van der Waals surface area contributed by atoms with Gasteiger partial charge in [0.25, 0.3) is 0 Å². The van der Waals surface area contributed by atoms with Gasteiger partial charge in [0.05, 0.1) is 19.5 Å². The molecular formula is C11H14N4O. The van der Waals surface area contributed by atoms with Crippen molar-refractivity contribution in [1.82, 2.24) is 19.7 Å². The van der Waals surface area contributed by atoms with Crippen molar-refractivity contribution in [2.45, 2.75) is 12.3 Å². The van der Waals surface area contributed by atoms with Gasteiger partial charge in [0.15, 0.2) is 5.65 Å². The molecule has 0 aromatic carbocycles. The van der Waals surface area contributed by atoms with Gasteiger partial charge in [-0.05, 0) is 13.0 Å². The Balaban J connectivity index is 2.09. The molecule has 1 aliphatic heterocycles. The SMILES string of the molecule is COc1cn2c(C3CCNC3)cnc2cn1. The topological polar surface area (TPSA) is 51.5 Å². The van der Waals surface area contributed by atoms with E-state index in [1.54, 1.807) is 13.3 Å². The van der Waals surface area contributed by atoms with Crippen LogP contribution in [0, 0.1) is 0 Å². The molecule has 1 aliphatic rings. The minimum atomic E-state index is 0.544. The lowest BCUT2D eigenvalue weighted by atomic mass is 10.1. The lowest BCUT2D eigenvalue weighted by molar-refractivity contribution is 0.395. The Morgan fingerprint density at radius 1 is 1.44 bits per heavy atom. The molecule has 1 fully saturated rings. The van der Waals surface area contributed by atoms with E-state index >= 15 is 0 Å². The first-order valence-corrected chi connectivity index (χ1v) is 5.46. The molecule has 16 heavy (non-hydrogen) atoms. The fraction of sp³-hybridized carbons (Fsp3) is 0.455. The normalized spacial score (nSPS) is 20.4. The number of fused-ring (bicyclic) bond motifs is 1. The summed E-state index contributed by atoms with van der Waals surface area (Å²) in [5.41, 5.74) is 2.11. The van der Waals surface area contributed by atoms with Gasteiger partial charge in [-0.1, -0.05) is 0 Å². The van der Waals surface area contributed by atoms with Gasteiger partial charge in [-0.3, -0.25) is 4.40 Å². The summed E-state index contributed by atoms with van der Waals surface area (Å²) in [4.78, 5) is 8.50. The van der Waals surface area contributed by atoms with Crippen LogP contribution in [0.3, 0.4) is 0 Å². The van der Waals surface area contributed by atoms with Crippen molar-refractivity contribution >= 4 is 5.65 Å². The van der Waals surface area contributed by atoms with Crippen molar-refractivity contribution in [3.8, 4) is 5.88 Å². The van der Waals surface area contributed by atoms with Gasteiger partial charge in [0.2, 0.25) is 5.88 Å². The van der Waals surface area contributed by atoms with Crippen molar-refractivity contribution in [1.29, 1.82) is 0 Å². The predicted molar refractivity (Wildman–Crippen MR) is 59.8 cm³/mol. The highest BCUT2D eigenvalue weighted by atomic mass is 16.5. The summed E-state index contributed by atoms with van der Waals surface area (Å²) in [5, 5.41) is 3.37. The summed E-state index contributed by atoms with van der Waals surface area (Å²) in [6.45, 7) is 2.11. The Labute approximate surface area is 93.5 Å². The molecule has 3 rings (SSSR count). The van der Waals surface area contributed by atoms with Gasteiger partial charge >= 0.3 is 0 Å². The van der Waals surface area contributed by atoms with E-state index in [4.69, 9.17) is 4.74 Å². The fourth-order valence-corrected chi connectivity index (χ4v) is 2.20. The average molecular weight is 218 g/mol. The number of hydrogen-bond donors (Lipinski definition) is 1. The lowest BCUT2D eigenvalue weighted by Crippen LogP contribution is -2.09. The molecule has 0 radical (unpaired) electrons. The summed E-state index contributed by atoms with van der Waals surface area (Å²) >= 11 is 0. The van der Waals surface area contributed by atoms with E-state index in [0.29, 0.717) is 11.8 Å². The Kier molecular flexibility index (Phi) is 2.25. The Morgan fingerprint density at radius 3 is 3.12 bits per heavy atom. The number of nitrogens with one attached hydrogen (secondary N) is 1. The van der Waals surface area contributed by atoms with Crippen LogP contribution in [0.15, 0.2) is 18.6 Å². The zero-order chi connectivity index (χ0) is 11.0. The van der Waals surface area contributed by atoms with Crippen LogP contribution in [0.5, 0.6) is 5.88 Å². The fourth-order valence-electron chi connectivity index (χ4n) is 2.20. The predicted octanol–water partition coefficient (Wildman–Crippen LogP) is 0.815. The quantitative estimate of drug-likeness (QED) is 0.810. The smallest absolute Gasteiger partial charge is 0.230 e. The first-order valence-electron chi connectivity index (χ1n) is 5.46. The highest BCUT2D eigenvalue weighted by Crippen LogP contribution is 2.23. The van der Waals surface area contributed by atoms with Gasteiger partial charge in [0, 0.05) is 24.4 Å². The van der Waals surface area contributed by atoms with Crippen LogP contribution in [-0.4, -0.2) is 34.6 Å². The Morgan fingerprint density at radius 2 is 2.38 bits per heavy atom. The number of imidazole rings is 1. The molecule has 3 heterocycles. The average Bonchev–Trinajstić information content (AvgIpc) is 2.96. The van der Waals surface area contributed by atoms with E-state index in [1.807, 2.05) is 12.4 Å².